The first-order valence-corrected chi connectivity index (χ1v) is 12.9. The number of likely N-dealkylation sites (tertiary alicyclic amines) is 1. The molecule has 2 heterocycles. The van der Waals surface area contributed by atoms with Crippen LogP contribution in [0.5, 0.6) is 0 Å². The third-order valence-electron chi connectivity index (χ3n) is 7.33. The standard InChI is InChI=1S/C28H32Cl2N2O3/c1-4-13-28(3)17-24(20-7-6-8-22(30)16-20)25(19-9-11-21(29)12-10-19)32(26(28)33)23(5-2)18-31-14-15-35-27(31)34/h4,6-12,16,23-25H,1,5,13-15,17-18H2,2-3H3/t23-,24-,25-,28+/m1/s1. The number of piperidine rings is 1. The molecule has 4 atom stereocenters. The smallest absolute Gasteiger partial charge is 0.410 e. The zero-order chi connectivity index (χ0) is 25.2. The van der Waals surface area contributed by atoms with Crippen LogP contribution in [-0.4, -0.2) is 47.5 Å². The van der Waals surface area contributed by atoms with Crippen molar-refractivity contribution in [3.05, 3.63) is 82.4 Å². The van der Waals surface area contributed by atoms with Crippen molar-refractivity contribution in [3.8, 4) is 0 Å². The second-order valence-electron chi connectivity index (χ2n) is 9.75. The van der Waals surface area contributed by atoms with Crippen molar-refractivity contribution in [2.45, 2.75) is 51.1 Å². The summed E-state index contributed by atoms with van der Waals surface area (Å²) in [6.07, 6.45) is 3.42. The number of amides is 2. The van der Waals surface area contributed by atoms with E-state index in [-0.39, 0.29) is 30.0 Å². The van der Waals surface area contributed by atoms with Crippen molar-refractivity contribution in [3.63, 3.8) is 0 Å². The van der Waals surface area contributed by atoms with Gasteiger partial charge in [-0.25, -0.2) is 4.79 Å². The number of benzene rings is 2. The van der Waals surface area contributed by atoms with Gasteiger partial charge in [0.05, 0.1) is 18.0 Å². The maximum absolute atomic E-state index is 14.3. The van der Waals surface area contributed by atoms with E-state index in [0.717, 1.165) is 11.1 Å². The van der Waals surface area contributed by atoms with Crippen molar-refractivity contribution < 1.29 is 14.3 Å². The van der Waals surface area contributed by atoms with Gasteiger partial charge in [-0.2, -0.15) is 0 Å². The Morgan fingerprint density at radius 3 is 2.49 bits per heavy atom. The van der Waals surface area contributed by atoms with E-state index in [9.17, 15) is 9.59 Å². The fourth-order valence-electron chi connectivity index (χ4n) is 5.55. The lowest BCUT2D eigenvalue weighted by Crippen LogP contribution is -2.57. The molecule has 0 bridgehead atoms. The lowest BCUT2D eigenvalue weighted by atomic mass is 9.67. The minimum Gasteiger partial charge on any atom is -0.448 e. The zero-order valence-corrected chi connectivity index (χ0v) is 21.8. The molecule has 7 heteroatoms. The third-order valence-corrected chi connectivity index (χ3v) is 7.81. The van der Waals surface area contributed by atoms with E-state index >= 15 is 0 Å². The molecule has 2 aliphatic heterocycles. The van der Waals surface area contributed by atoms with Crippen LogP contribution in [0.2, 0.25) is 10.0 Å². The number of allylic oxidation sites excluding steroid dienone is 1. The van der Waals surface area contributed by atoms with Gasteiger partial charge in [0.25, 0.3) is 0 Å². The Kier molecular flexibility index (Phi) is 7.77. The molecule has 0 radical (unpaired) electrons. The number of nitrogens with zero attached hydrogens (tertiary/aromatic N) is 2. The van der Waals surface area contributed by atoms with Gasteiger partial charge < -0.3 is 14.5 Å². The Hall–Kier alpha value is -2.50. The van der Waals surface area contributed by atoms with Crippen LogP contribution in [-0.2, 0) is 9.53 Å². The maximum Gasteiger partial charge on any atom is 0.410 e. The molecular weight excluding hydrogens is 483 g/mol. The summed E-state index contributed by atoms with van der Waals surface area (Å²) < 4.78 is 5.17. The number of ether oxygens (including phenoxy) is 1. The van der Waals surface area contributed by atoms with Gasteiger partial charge in [0, 0.05) is 28.5 Å². The van der Waals surface area contributed by atoms with Crippen LogP contribution in [0.15, 0.2) is 61.2 Å². The molecule has 35 heavy (non-hydrogen) atoms. The molecule has 0 unspecified atom stereocenters. The normalized spacial score (nSPS) is 25.5. The fourth-order valence-corrected chi connectivity index (χ4v) is 5.87. The van der Waals surface area contributed by atoms with Crippen LogP contribution in [0.25, 0.3) is 0 Å². The Labute approximate surface area is 217 Å². The van der Waals surface area contributed by atoms with Gasteiger partial charge in [0.1, 0.15) is 6.61 Å². The zero-order valence-electron chi connectivity index (χ0n) is 20.3. The summed E-state index contributed by atoms with van der Waals surface area (Å²) in [5.74, 6) is 0.0761. The number of hydrogen-bond acceptors (Lipinski definition) is 3. The number of cyclic esters (lactones) is 1. The Balaban J connectivity index is 1.86. The lowest BCUT2D eigenvalue weighted by Gasteiger charge is -2.52. The van der Waals surface area contributed by atoms with Crippen molar-refractivity contribution in [1.29, 1.82) is 0 Å². The van der Waals surface area contributed by atoms with E-state index in [1.54, 1.807) is 4.90 Å². The first kappa shape index (κ1) is 25.6. The SMILES string of the molecule is C=CC[C@@]1(C)C[C@H](c2cccc(Cl)c2)[C@@H](c2ccc(Cl)cc2)N([C@H](CC)CN2CCOC2=O)C1=O. The summed E-state index contributed by atoms with van der Waals surface area (Å²) in [5.41, 5.74) is 1.47. The van der Waals surface area contributed by atoms with E-state index in [2.05, 4.69) is 19.6 Å². The van der Waals surface area contributed by atoms with Gasteiger partial charge in [0.2, 0.25) is 5.91 Å². The van der Waals surface area contributed by atoms with E-state index < -0.39 is 5.41 Å². The van der Waals surface area contributed by atoms with Crippen molar-refractivity contribution in [2.24, 2.45) is 5.41 Å². The maximum atomic E-state index is 14.3. The number of hydrogen-bond donors (Lipinski definition) is 0. The minimum absolute atomic E-state index is 0.00268. The summed E-state index contributed by atoms with van der Waals surface area (Å²) in [6.45, 7) is 9.37. The molecule has 5 nitrogen and oxygen atoms in total. The van der Waals surface area contributed by atoms with Gasteiger partial charge in [-0.1, -0.05) is 67.4 Å². The van der Waals surface area contributed by atoms with Crippen LogP contribution in [0, 0.1) is 5.41 Å². The molecule has 2 aromatic carbocycles. The molecule has 0 saturated carbocycles. The Bertz CT molecular complexity index is 1090. The van der Waals surface area contributed by atoms with Gasteiger partial charge in [-0.3, -0.25) is 4.79 Å². The number of halogens is 2. The van der Waals surface area contributed by atoms with Crippen molar-refractivity contribution >= 4 is 35.2 Å². The van der Waals surface area contributed by atoms with Gasteiger partial charge in [-0.05, 0) is 54.7 Å². The van der Waals surface area contributed by atoms with Crippen LogP contribution in [0.1, 0.15) is 56.2 Å². The predicted octanol–water partition coefficient (Wildman–Crippen LogP) is 6.86. The van der Waals surface area contributed by atoms with Crippen LogP contribution in [0.4, 0.5) is 4.79 Å². The molecule has 2 aliphatic rings. The fraction of sp³-hybridized carbons (Fsp3) is 0.429. The predicted molar refractivity (Wildman–Crippen MR) is 140 cm³/mol. The number of carbonyl (C=O) groups excluding carboxylic acids is 2. The molecule has 2 aromatic rings. The largest absolute Gasteiger partial charge is 0.448 e. The van der Waals surface area contributed by atoms with Gasteiger partial charge in [0.15, 0.2) is 0 Å². The number of rotatable bonds is 8. The summed E-state index contributed by atoms with van der Waals surface area (Å²) in [5, 5.41) is 1.31. The van der Waals surface area contributed by atoms with Gasteiger partial charge >= 0.3 is 6.09 Å². The molecule has 0 aromatic heterocycles. The van der Waals surface area contributed by atoms with Crippen molar-refractivity contribution in [1.82, 2.24) is 9.80 Å². The summed E-state index contributed by atoms with van der Waals surface area (Å²) in [7, 11) is 0. The monoisotopic (exact) mass is 514 g/mol. The molecule has 2 amide bonds. The Morgan fingerprint density at radius 2 is 1.89 bits per heavy atom. The first-order chi connectivity index (χ1) is 16.8. The van der Waals surface area contributed by atoms with Crippen LogP contribution >= 0.6 is 23.2 Å². The molecule has 0 N–H and O–H groups in total. The highest BCUT2D eigenvalue weighted by molar-refractivity contribution is 6.30. The molecular formula is C28H32Cl2N2O3. The summed E-state index contributed by atoms with van der Waals surface area (Å²) in [4.78, 5) is 30.3. The quantitative estimate of drug-likeness (QED) is 0.361. The number of carbonyl (C=O) groups is 2. The molecule has 186 valence electrons. The summed E-state index contributed by atoms with van der Waals surface area (Å²) in [6, 6.07) is 15.2. The third kappa shape index (κ3) is 5.22. The highest BCUT2D eigenvalue weighted by Gasteiger charge is 2.51. The summed E-state index contributed by atoms with van der Waals surface area (Å²) >= 11 is 12.7. The molecule has 4 rings (SSSR count). The van der Waals surface area contributed by atoms with Crippen LogP contribution in [0.3, 0.4) is 0 Å². The molecule has 0 spiro atoms. The van der Waals surface area contributed by atoms with Crippen molar-refractivity contribution in [2.75, 3.05) is 19.7 Å². The van der Waals surface area contributed by atoms with Crippen LogP contribution < -0.4 is 0 Å². The minimum atomic E-state index is -0.628. The topological polar surface area (TPSA) is 49.9 Å². The van der Waals surface area contributed by atoms with E-state index in [4.69, 9.17) is 27.9 Å². The molecule has 2 fully saturated rings. The van der Waals surface area contributed by atoms with E-state index in [1.165, 1.54) is 0 Å². The van der Waals surface area contributed by atoms with E-state index in [1.807, 2.05) is 60.4 Å². The second kappa shape index (κ2) is 10.6. The average molecular weight is 515 g/mol. The highest BCUT2D eigenvalue weighted by atomic mass is 35.5. The first-order valence-electron chi connectivity index (χ1n) is 12.1. The lowest BCUT2D eigenvalue weighted by molar-refractivity contribution is -0.155. The highest BCUT2D eigenvalue weighted by Crippen LogP contribution is 2.52. The van der Waals surface area contributed by atoms with E-state index in [0.29, 0.717) is 49.0 Å². The second-order valence-corrected chi connectivity index (χ2v) is 10.6. The Morgan fingerprint density at radius 1 is 1.14 bits per heavy atom. The molecule has 0 aliphatic carbocycles. The average Bonchev–Trinajstić information content (AvgIpc) is 3.24. The molecule has 2 saturated heterocycles. The van der Waals surface area contributed by atoms with Gasteiger partial charge in [-0.15, -0.1) is 6.58 Å².